The quantitative estimate of drug-likeness (QED) is 0.935. The lowest BCUT2D eigenvalue weighted by Gasteiger charge is -2.04. The third-order valence-corrected chi connectivity index (χ3v) is 3.44. The summed E-state index contributed by atoms with van der Waals surface area (Å²) < 4.78 is 4.69. The van der Waals surface area contributed by atoms with Crippen LogP contribution < -0.4 is 5.32 Å². The molecule has 0 aliphatic heterocycles. The summed E-state index contributed by atoms with van der Waals surface area (Å²) in [6, 6.07) is 1.94. The van der Waals surface area contributed by atoms with Crippen LogP contribution in [0.25, 0.3) is 0 Å². The molecule has 86 valence electrons. The Balaban J connectivity index is 2.10. The van der Waals surface area contributed by atoms with Crippen molar-refractivity contribution in [3.8, 4) is 0 Å². The molecule has 2 aromatic rings. The maximum Gasteiger partial charge on any atom is 0.148 e. The van der Waals surface area contributed by atoms with Crippen LogP contribution in [0.15, 0.2) is 16.7 Å². The van der Waals surface area contributed by atoms with Gasteiger partial charge < -0.3 is 5.32 Å². The highest BCUT2D eigenvalue weighted by atomic mass is 79.9. The minimum atomic E-state index is 0.703. The predicted octanol–water partition coefficient (Wildman–Crippen LogP) is 1.84. The number of aromatic nitrogens is 4. The maximum atomic E-state index is 4.33. The fourth-order valence-electron chi connectivity index (χ4n) is 1.56. The van der Waals surface area contributed by atoms with Crippen molar-refractivity contribution in [3.63, 3.8) is 0 Å². The van der Waals surface area contributed by atoms with Crippen molar-refractivity contribution in [1.29, 1.82) is 0 Å². The van der Waals surface area contributed by atoms with Gasteiger partial charge in [-0.05, 0) is 22.9 Å². The molecule has 0 saturated heterocycles. The molecule has 0 radical (unpaired) electrons. The smallest absolute Gasteiger partial charge is 0.148 e. The highest BCUT2D eigenvalue weighted by molar-refractivity contribution is 9.10. The Bertz CT molecular complexity index is 499. The van der Waals surface area contributed by atoms with Crippen LogP contribution in [0.1, 0.15) is 11.4 Å². The van der Waals surface area contributed by atoms with Crippen LogP contribution in [0.2, 0.25) is 0 Å². The summed E-state index contributed by atoms with van der Waals surface area (Å²) in [6.07, 6.45) is 1.91. The molecule has 0 spiro atoms. The van der Waals surface area contributed by atoms with Crippen molar-refractivity contribution in [3.05, 3.63) is 28.1 Å². The SMILES string of the molecule is Cc1nn(C)c(CNc2ccn(C)n2)c1Br. The third-order valence-electron chi connectivity index (χ3n) is 2.41. The Morgan fingerprint density at radius 1 is 1.38 bits per heavy atom. The van der Waals surface area contributed by atoms with Gasteiger partial charge in [0.25, 0.3) is 0 Å². The molecule has 16 heavy (non-hydrogen) atoms. The first kappa shape index (κ1) is 11.2. The molecule has 0 aliphatic carbocycles. The van der Waals surface area contributed by atoms with Crippen LogP contribution in [-0.4, -0.2) is 19.6 Å². The third kappa shape index (κ3) is 2.11. The van der Waals surface area contributed by atoms with Crippen molar-refractivity contribution in [2.75, 3.05) is 5.32 Å². The van der Waals surface area contributed by atoms with Gasteiger partial charge in [0.05, 0.1) is 22.4 Å². The Morgan fingerprint density at radius 2 is 2.12 bits per heavy atom. The number of anilines is 1. The minimum Gasteiger partial charge on any atom is -0.363 e. The average molecular weight is 284 g/mol. The van der Waals surface area contributed by atoms with Gasteiger partial charge in [-0.3, -0.25) is 9.36 Å². The molecule has 0 atom stereocenters. The number of hydrogen-bond acceptors (Lipinski definition) is 3. The molecule has 1 N–H and O–H groups in total. The van der Waals surface area contributed by atoms with Gasteiger partial charge in [-0.1, -0.05) is 0 Å². The van der Waals surface area contributed by atoms with E-state index in [4.69, 9.17) is 0 Å². The number of nitrogens with one attached hydrogen (secondary N) is 1. The second kappa shape index (κ2) is 4.29. The Labute approximate surface area is 103 Å². The Morgan fingerprint density at radius 3 is 2.62 bits per heavy atom. The normalized spacial score (nSPS) is 10.8. The van der Waals surface area contributed by atoms with Gasteiger partial charge in [-0.2, -0.15) is 10.2 Å². The van der Waals surface area contributed by atoms with Gasteiger partial charge in [-0.15, -0.1) is 0 Å². The van der Waals surface area contributed by atoms with Crippen molar-refractivity contribution < 1.29 is 0 Å². The van der Waals surface area contributed by atoms with E-state index in [1.807, 2.05) is 38.0 Å². The molecule has 0 aromatic carbocycles. The molecule has 2 heterocycles. The molecule has 6 heteroatoms. The number of nitrogens with zero attached hydrogens (tertiary/aromatic N) is 4. The largest absolute Gasteiger partial charge is 0.363 e. The lowest BCUT2D eigenvalue weighted by Crippen LogP contribution is -2.06. The van der Waals surface area contributed by atoms with Crippen molar-refractivity contribution in [2.45, 2.75) is 13.5 Å². The molecular weight excluding hydrogens is 270 g/mol. The summed E-state index contributed by atoms with van der Waals surface area (Å²) in [7, 11) is 3.84. The fraction of sp³-hybridized carbons (Fsp3) is 0.400. The van der Waals surface area contributed by atoms with E-state index in [1.165, 1.54) is 0 Å². The highest BCUT2D eigenvalue weighted by Crippen LogP contribution is 2.20. The molecule has 0 bridgehead atoms. The monoisotopic (exact) mass is 283 g/mol. The maximum absolute atomic E-state index is 4.33. The first-order valence-electron chi connectivity index (χ1n) is 4.99. The second-order valence-electron chi connectivity index (χ2n) is 3.70. The van der Waals surface area contributed by atoms with Crippen LogP contribution >= 0.6 is 15.9 Å². The zero-order valence-electron chi connectivity index (χ0n) is 9.53. The molecule has 0 unspecified atom stereocenters. The van der Waals surface area contributed by atoms with Crippen LogP contribution in [0, 0.1) is 6.92 Å². The minimum absolute atomic E-state index is 0.703. The zero-order valence-corrected chi connectivity index (χ0v) is 11.1. The van der Waals surface area contributed by atoms with Crippen molar-refractivity contribution >= 4 is 21.7 Å². The first-order valence-corrected chi connectivity index (χ1v) is 5.78. The standard InChI is InChI=1S/C10H14BrN5/c1-7-10(11)8(16(3)13-7)6-12-9-4-5-15(2)14-9/h4-5H,6H2,1-3H3,(H,12,14). The lowest BCUT2D eigenvalue weighted by molar-refractivity contribution is 0.710. The van der Waals surface area contributed by atoms with E-state index in [9.17, 15) is 0 Å². The molecule has 0 saturated carbocycles. The van der Waals surface area contributed by atoms with E-state index in [1.54, 1.807) is 4.68 Å². The van der Waals surface area contributed by atoms with E-state index >= 15 is 0 Å². The lowest BCUT2D eigenvalue weighted by atomic mass is 10.3. The molecule has 5 nitrogen and oxygen atoms in total. The van der Waals surface area contributed by atoms with Gasteiger partial charge in [-0.25, -0.2) is 0 Å². The average Bonchev–Trinajstić information content (AvgIpc) is 2.72. The van der Waals surface area contributed by atoms with Crippen LogP contribution in [0.3, 0.4) is 0 Å². The first-order chi connectivity index (χ1) is 7.58. The number of aryl methyl sites for hydroxylation is 3. The highest BCUT2D eigenvalue weighted by Gasteiger charge is 2.10. The number of halogens is 1. The van der Waals surface area contributed by atoms with Crippen LogP contribution in [0.4, 0.5) is 5.82 Å². The molecule has 0 amide bonds. The summed E-state index contributed by atoms with van der Waals surface area (Å²) in [6.45, 7) is 2.68. The predicted molar refractivity (Wildman–Crippen MR) is 66.2 cm³/mol. The Kier molecular flexibility index (Phi) is 3.00. The van der Waals surface area contributed by atoms with E-state index < -0.39 is 0 Å². The fourth-order valence-corrected chi connectivity index (χ4v) is 2.03. The van der Waals surface area contributed by atoms with E-state index in [2.05, 4.69) is 31.4 Å². The molecule has 0 aliphatic rings. The van der Waals surface area contributed by atoms with Crippen LogP contribution in [-0.2, 0) is 20.6 Å². The van der Waals surface area contributed by atoms with Gasteiger partial charge in [0, 0.05) is 26.4 Å². The molecule has 2 aromatic heterocycles. The second-order valence-corrected chi connectivity index (χ2v) is 4.49. The van der Waals surface area contributed by atoms with Crippen molar-refractivity contribution in [2.24, 2.45) is 14.1 Å². The summed E-state index contributed by atoms with van der Waals surface area (Å²) in [5.41, 5.74) is 2.11. The zero-order chi connectivity index (χ0) is 11.7. The Hall–Kier alpha value is -1.30. The van der Waals surface area contributed by atoms with E-state index in [0.717, 1.165) is 21.7 Å². The van der Waals surface area contributed by atoms with Crippen LogP contribution in [0.5, 0.6) is 0 Å². The topological polar surface area (TPSA) is 47.7 Å². The van der Waals surface area contributed by atoms with Gasteiger partial charge in [0.2, 0.25) is 0 Å². The summed E-state index contributed by atoms with van der Waals surface area (Å²) in [5, 5.41) is 11.8. The van der Waals surface area contributed by atoms with Gasteiger partial charge in [0.15, 0.2) is 0 Å². The van der Waals surface area contributed by atoms with E-state index in [0.29, 0.717) is 6.54 Å². The number of rotatable bonds is 3. The summed E-state index contributed by atoms with van der Waals surface area (Å²) >= 11 is 3.53. The number of hydrogen-bond donors (Lipinski definition) is 1. The molecule has 2 rings (SSSR count). The van der Waals surface area contributed by atoms with Gasteiger partial charge in [0.1, 0.15) is 5.82 Å². The van der Waals surface area contributed by atoms with E-state index in [-0.39, 0.29) is 0 Å². The summed E-state index contributed by atoms with van der Waals surface area (Å²) in [5.74, 6) is 0.869. The van der Waals surface area contributed by atoms with Gasteiger partial charge >= 0.3 is 0 Å². The van der Waals surface area contributed by atoms with Crippen molar-refractivity contribution in [1.82, 2.24) is 19.6 Å². The molecular formula is C10H14BrN5. The summed E-state index contributed by atoms with van der Waals surface area (Å²) in [4.78, 5) is 0. The molecule has 0 fully saturated rings.